The van der Waals surface area contributed by atoms with Gasteiger partial charge in [-0.15, -0.1) is 0 Å². The van der Waals surface area contributed by atoms with Crippen LogP contribution in [0.15, 0.2) is 46.1 Å². The summed E-state index contributed by atoms with van der Waals surface area (Å²) in [7, 11) is 1.60. The predicted octanol–water partition coefficient (Wildman–Crippen LogP) is 1.76. The fraction of sp³-hybridized carbons (Fsp3) is 0.235. The molecule has 0 aliphatic heterocycles. The van der Waals surface area contributed by atoms with E-state index in [0.717, 1.165) is 11.1 Å². The van der Waals surface area contributed by atoms with Crippen molar-refractivity contribution in [1.82, 2.24) is 9.55 Å². The maximum absolute atomic E-state index is 12.4. The zero-order valence-corrected chi connectivity index (χ0v) is 13.2. The number of hydrogen-bond acceptors (Lipinski definition) is 3. The molecule has 0 unspecified atom stereocenters. The highest BCUT2D eigenvalue weighted by Crippen LogP contribution is 2.27. The summed E-state index contributed by atoms with van der Waals surface area (Å²) in [5, 5.41) is 0.453. The Morgan fingerprint density at radius 1 is 1.22 bits per heavy atom. The number of pyridine rings is 1. The molecule has 0 amide bonds. The molecule has 2 heterocycles. The topological polar surface area (TPSA) is 78.2 Å². The van der Waals surface area contributed by atoms with E-state index >= 15 is 0 Å². The van der Waals surface area contributed by atoms with E-state index in [4.69, 9.17) is 4.74 Å². The van der Waals surface area contributed by atoms with Gasteiger partial charge in [-0.05, 0) is 37.6 Å². The smallest absolute Gasteiger partial charge is 0.416 e. The molecule has 0 aliphatic rings. The summed E-state index contributed by atoms with van der Waals surface area (Å²) in [6, 6.07) is 9.21. The minimum Gasteiger partial charge on any atom is -0.497 e. The Morgan fingerprint density at radius 2 is 2.00 bits per heavy atom. The molecule has 1 aromatic carbocycles. The Bertz CT molecular complexity index is 986. The molecule has 23 heavy (non-hydrogen) atoms. The van der Waals surface area contributed by atoms with E-state index in [1.54, 1.807) is 17.9 Å². The van der Waals surface area contributed by atoms with E-state index in [2.05, 4.69) is 9.97 Å². The Kier molecular flexibility index (Phi) is 3.73. The summed E-state index contributed by atoms with van der Waals surface area (Å²) in [6.45, 7) is 3.79. The van der Waals surface area contributed by atoms with Crippen LogP contribution in [-0.4, -0.2) is 16.7 Å². The minimum atomic E-state index is -0.420. The zero-order chi connectivity index (χ0) is 16.6. The van der Waals surface area contributed by atoms with Crippen LogP contribution in [0.5, 0.6) is 5.75 Å². The van der Waals surface area contributed by atoms with E-state index in [9.17, 15) is 9.59 Å². The van der Waals surface area contributed by atoms with Gasteiger partial charge in [-0.25, -0.2) is 9.78 Å². The molecule has 118 valence electrons. The summed E-state index contributed by atoms with van der Waals surface area (Å²) in [4.78, 5) is 29.9. The van der Waals surface area contributed by atoms with Crippen molar-refractivity contribution < 1.29 is 9.72 Å². The fourth-order valence-electron chi connectivity index (χ4n) is 2.75. The number of aromatic amines is 2. The highest BCUT2D eigenvalue weighted by molar-refractivity contribution is 5.90. The zero-order valence-electron chi connectivity index (χ0n) is 13.2. The van der Waals surface area contributed by atoms with Crippen molar-refractivity contribution in [3.05, 3.63) is 57.4 Å². The number of methoxy groups -OCH3 is 1. The summed E-state index contributed by atoms with van der Waals surface area (Å²) in [5.74, 6) is 0.706. The molecule has 2 N–H and O–H groups in total. The highest BCUT2D eigenvalue weighted by atomic mass is 16.5. The van der Waals surface area contributed by atoms with Crippen LogP contribution in [0, 0.1) is 0 Å². The van der Waals surface area contributed by atoms with Crippen molar-refractivity contribution >= 4 is 11.0 Å². The average molecular weight is 312 g/mol. The summed E-state index contributed by atoms with van der Waals surface area (Å²) in [6.07, 6.45) is 1.73. The molecule has 6 nitrogen and oxygen atoms in total. The number of benzene rings is 1. The number of rotatable bonds is 3. The van der Waals surface area contributed by atoms with Crippen LogP contribution in [0.4, 0.5) is 0 Å². The number of fused-ring (bicyclic) bond motifs is 1. The number of aromatic nitrogens is 3. The molecule has 0 bridgehead atoms. The molecule has 0 radical (unpaired) electrons. The SMILES string of the molecule is COc1cccc(-c2cc[nH+]c3c2c(=O)[nH]c(=O)n3C(C)C)c1. The molecule has 0 aliphatic carbocycles. The van der Waals surface area contributed by atoms with Crippen molar-refractivity contribution in [3.63, 3.8) is 0 Å². The molecule has 0 spiro atoms. The first-order chi connectivity index (χ1) is 11.0. The molecular formula is C17H18N3O3+. The van der Waals surface area contributed by atoms with Crippen LogP contribution in [0.1, 0.15) is 19.9 Å². The van der Waals surface area contributed by atoms with Gasteiger partial charge in [0.2, 0.25) is 0 Å². The lowest BCUT2D eigenvalue weighted by Crippen LogP contribution is -2.34. The van der Waals surface area contributed by atoms with Gasteiger partial charge in [-0.3, -0.25) is 9.78 Å². The number of ether oxygens (including phenoxy) is 1. The monoisotopic (exact) mass is 312 g/mol. The van der Waals surface area contributed by atoms with Gasteiger partial charge in [0.05, 0.1) is 13.3 Å². The molecule has 3 rings (SSSR count). The van der Waals surface area contributed by atoms with E-state index < -0.39 is 11.2 Å². The first-order valence-electron chi connectivity index (χ1n) is 7.36. The lowest BCUT2D eigenvalue weighted by Gasteiger charge is -2.09. The van der Waals surface area contributed by atoms with E-state index in [1.807, 2.05) is 44.2 Å². The van der Waals surface area contributed by atoms with Gasteiger partial charge in [-0.1, -0.05) is 12.1 Å². The van der Waals surface area contributed by atoms with Gasteiger partial charge in [0, 0.05) is 5.56 Å². The van der Waals surface area contributed by atoms with Gasteiger partial charge in [0.1, 0.15) is 17.2 Å². The molecule has 6 heteroatoms. The van der Waals surface area contributed by atoms with Crippen molar-refractivity contribution in [2.24, 2.45) is 0 Å². The molecule has 0 saturated carbocycles. The highest BCUT2D eigenvalue weighted by Gasteiger charge is 2.21. The second kappa shape index (κ2) is 5.72. The molecule has 2 aromatic heterocycles. The number of hydrogen-bond donors (Lipinski definition) is 1. The second-order valence-electron chi connectivity index (χ2n) is 5.57. The average Bonchev–Trinajstić information content (AvgIpc) is 2.54. The second-order valence-corrected chi connectivity index (χ2v) is 5.57. The molecule has 0 atom stereocenters. The standard InChI is InChI=1S/C17H17N3O3/c1-10(2)20-15-14(16(21)19-17(20)22)13(7-8-18-15)11-5-4-6-12(9-11)23-3/h4-10H,1-3H3,(H,19,21,22)/p+1. The summed E-state index contributed by atoms with van der Waals surface area (Å²) in [5.41, 5.74) is 1.28. The van der Waals surface area contributed by atoms with E-state index in [1.165, 1.54) is 0 Å². The minimum absolute atomic E-state index is 0.0846. The van der Waals surface area contributed by atoms with Crippen LogP contribution in [0.3, 0.4) is 0 Å². The number of H-pyrrole nitrogens is 2. The normalized spacial score (nSPS) is 11.1. The maximum Gasteiger partial charge on any atom is 0.416 e. The largest absolute Gasteiger partial charge is 0.497 e. The third-order valence-corrected chi connectivity index (χ3v) is 3.78. The fourth-order valence-corrected chi connectivity index (χ4v) is 2.75. The number of nitrogens with one attached hydrogen (secondary N) is 2. The van der Waals surface area contributed by atoms with Gasteiger partial charge in [0.15, 0.2) is 0 Å². The van der Waals surface area contributed by atoms with Gasteiger partial charge in [-0.2, -0.15) is 4.57 Å². The lowest BCUT2D eigenvalue weighted by molar-refractivity contribution is -0.350. The van der Waals surface area contributed by atoms with Gasteiger partial charge < -0.3 is 4.74 Å². The number of nitrogens with zero attached hydrogens (tertiary/aromatic N) is 1. The molecule has 0 fully saturated rings. The first-order valence-corrected chi connectivity index (χ1v) is 7.36. The Labute approximate surface area is 132 Å². The van der Waals surface area contributed by atoms with Crippen molar-refractivity contribution in [3.8, 4) is 16.9 Å². The van der Waals surface area contributed by atoms with Gasteiger partial charge >= 0.3 is 5.69 Å². The third-order valence-electron chi connectivity index (χ3n) is 3.78. The Balaban J connectivity index is 2.42. The van der Waals surface area contributed by atoms with E-state index in [-0.39, 0.29) is 6.04 Å². The molecule has 3 aromatic rings. The summed E-state index contributed by atoms with van der Waals surface area (Å²) >= 11 is 0. The van der Waals surface area contributed by atoms with E-state index in [0.29, 0.717) is 16.8 Å². The van der Waals surface area contributed by atoms with Crippen LogP contribution in [-0.2, 0) is 0 Å². The van der Waals surface area contributed by atoms with Crippen LogP contribution in [0.25, 0.3) is 22.2 Å². The van der Waals surface area contributed by atoms with Crippen molar-refractivity contribution in [2.45, 2.75) is 19.9 Å². The first kappa shape index (κ1) is 15.0. The van der Waals surface area contributed by atoms with Gasteiger partial charge in [0.25, 0.3) is 11.2 Å². The summed E-state index contributed by atoms with van der Waals surface area (Å²) < 4.78 is 6.79. The quantitative estimate of drug-likeness (QED) is 0.800. The van der Waals surface area contributed by atoms with Crippen LogP contribution >= 0.6 is 0 Å². The van der Waals surface area contributed by atoms with Crippen LogP contribution < -0.4 is 21.0 Å². The third kappa shape index (κ3) is 2.52. The molecule has 0 saturated heterocycles. The Morgan fingerprint density at radius 3 is 2.70 bits per heavy atom. The van der Waals surface area contributed by atoms with Crippen molar-refractivity contribution in [1.29, 1.82) is 0 Å². The van der Waals surface area contributed by atoms with Crippen molar-refractivity contribution in [2.75, 3.05) is 7.11 Å². The lowest BCUT2D eigenvalue weighted by atomic mass is 10.0. The van der Waals surface area contributed by atoms with Crippen LogP contribution in [0.2, 0.25) is 0 Å². The maximum atomic E-state index is 12.4. The molecular weight excluding hydrogens is 294 g/mol. The predicted molar refractivity (Wildman–Crippen MR) is 87.8 cm³/mol. The Hall–Kier alpha value is -2.89.